The molecule has 140 valence electrons. The highest BCUT2D eigenvalue weighted by atomic mass is 35.5. The summed E-state index contributed by atoms with van der Waals surface area (Å²) in [7, 11) is -3.53. The molecule has 0 unspecified atom stereocenters. The van der Waals surface area contributed by atoms with Crippen LogP contribution in [0.25, 0.3) is 0 Å². The summed E-state index contributed by atoms with van der Waals surface area (Å²) in [6.45, 7) is 7.74. The molecule has 0 aliphatic heterocycles. The number of carbonyl (C=O) groups is 1. The Labute approximate surface area is 159 Å². The largest absolute Gasteiger partial charge is 0.281 e. The van der Waals surface area contributed by atoms with E-state index in [1.165, 1.54) is 41.6 Å². The summed E-state index contributed by atoms with van der Waals surface area (Å²) < 4.78 is 24.9. The van der Waals surface area contributed by atoms with E-state index in [0.717, 1.165) is 0 Å². The van der Waals surface area contributed by atoms with E-state index in [0.29, 0.717) is 17.1 Å². The van der Waals surface area contributed by atoms with Crippen LogP contribution in [0, 0.1) is 5.41 Å². The van der Waals surface area contributed by atoms with Crippen LogP contribution in [0.4, 0.5) is 5.95 Å². The molecule has 1 heterocycles. The second-order valence-corrected chi connectivity index (χ2v) is 9.33. The molecular formula is C18H22ClN3O3S. The number of anilines is 1. The summed E-state index contributed by atoms with van der Waals surface area (Å²) in [6.07, 6.45) is 2.88. The van der Waals surface area contributed by atoms with Gasteiger partial charge in [-0.05, 0) is 31.2 Å². The number of rotatable bonds is 5. The molecule has 0 fully saturated rings. The molecule has 0 bridgehead atoms. The normalized spacial score (nSPS) is 12.0. The minimum Gasteiger partial charge on any atom is -0.281 e. The van der Waals surface area contributed by atoms with Crippen molar-refractivity contribution in [2.75, 3.05) is 11.4 Å². The van der Waals surface area contributed by atoms with Crippen molar-refractivity contribution in [1.82, 2.24) is 9.97 Å². The van der Waals surface area contributed by atoms with E-state index in [2.05, 4.69) is 9.97 Å². The molecule has 0 radical (unpaired) electrons. The van der Waals surface area contributed by atoms with Crippen LogP contribution in [0.15, 0.2) is 41.6 Å². The van der Waals surface area contributed by atoms with Crippen LogP contribution in [0.3, 0.4) is 0 Å². The van der Waals surface area contributed by atoms with Crippen LogP contribution in [-0.2, 0) is 20.4 Å². The third kappa shape index (κ3) is 4.80. The van der Waals surface area contributed by atoms with E-state index in [1.54, 1.807) is 0 Å². The standard InChI is InChI=1S/C18H22ClN3O3S/c1-5-22(16(23)18(2,3)4)17-20-10-13(11-21-17)12-26(24,25)15-8-6-14(19)7-9-15/h6-11H,5,12H2,1-4H3. The zero-order chi connectivity index (χ0) is 19.5. The van der Waals surface area contributed by atoms with Gasteiger partial charge in [-0.3, -0.25) is 9.69 Å². The Balaban J connectivity index is 2.21. The zero-order valence-corrected chi connectivity index (χ0v) is 16.8. The monoisotopic (exact) mass is 395 g/mol. The third-order valence-corrected chi connectivity index (χ3v) is 5.62. The quantitative estimate of drug-likeness (QED) is 0.773. The SMILES string of the molecule is CCN(C(=O)C(C)(C)C)c1ncc(CS(=O)(=O)c2ccc(Cl)cc2)cn1. The lowest BCUT2D eigenvalue weighted by Gasteiger charge is -2.26. The van der Waals surface area contributed by atoms with E-state index in [-0.39, 0.29) is 22.5 Å². The number of halogens is 1. The minimum absolute atomic E-state index is 0.0958. The lowest BCUT2D eigenvalue weighted by molar-refractivity contribution is -0.125. The molecule has 0 saturated carbocycles. The van der Waals surface area contributed by atoms with Crippen LogP contribution >= 0.6 is 11.6 Å². The van der Waals surface area contributed by atoms with Gasteiger partial charge in [0.25, 0.3) is 0 Å². The van der Waals surface area contributed by atoms with Gasteiger partial charge in [0.15, 0.2) is 9.84 Å². The number of nitrogens with zero attached hydrogens (tertiary/aromatic N) is 3. The summed E-state index contributed by atoms with van der Waals surface area (Å²) in [5.74, 6) is -0.0598. The van der Waals surface area contributed by atoms with Gasteiger partial charge in [-0.15, -0.1) is 0 Å². The molecule has 6 nitrogen and oxygen atoms in total. The molecule has 8 heteroatoms. The molecule has 1 aromatic carbocycles. The van der Waals surface area contributed by atoms with Crippen molar-refractivity contribution in [1.29, 1.82) is 0 Å². The summed E-state index contributed by atoms with van der Waals surface area (Å²) in [4.78, 5) is 22.5. The van der Waals surface area contributed by atoms with Gasteiger partial charge in [-0.1, -0.05) is 32.4 Å². The summed E-state index contributed by atoms with van der Waals surface area (Å²) in [5.41, 5.74) is -0.112. The molecule has 1 amide bonds. The summed E-state index contributed by atoms with van der Waals surface area (Å²) in [6, 6.07) is 6.00. The molecule has 0 N–H and O–H groups in total. The van der Waals surface area contributed by atoms with Crippen molar-refractivity contribution in [3.05, 3.63) is 47.2 Å². The number of hydrogen-bond acceptors (Lipinski definition) is 5. The molecule has 2 rings (SSSR count). The topological polar surface area (TPSA) is 80.2 Å². The van der Waals surface area contributed by atoms with E-state index >= 15 is 0 Å². The predicted molar refractivity (Wildman–Crippen MR) is 102 cm³/mol. The molecule has 0 aliphatic carbocycles. The Bertz CT molecular complexity index is 873. The fourth-order valence-electron chi connectivity index (χ4n) is 2.29. The Kier molecular flexibility index (Phi) is 6.03. The molecule has 0 aliphatic rings. The lowest BCUT2D eigenvalue weighted by atomic mass is 9.95. The van der Waals surface area contributed by atoms with Crippen molar-refractivity contribution >= 4 is 33.3 Å². The lowest BCUT2D eigenvalue weighted by Crippen LogP contribution is -2.40. The minimum atomic E-state index is -3.53. The highest BCUT2D eigenvalue weighted by Gasteiger charge is 2.28. The Morgan fingerprint density at radius 1 is 1.12 bits per heavy atom. The predicted octanol–water partition coefficient (Wildman–Crippen LogP) is 3.50. The zero-order valence-electron chi connectivity index (χ0n) is 15.2. The number of carbonyl (C=O) groups excluding carboxylic acids is 1. The average molecular weight is 396 g/mol. The van der Waals surface area contributed by atoms with Gasteiger partial charge in [0.2, 0.25) is 11.9 Å². The van der Waals surface area contributed by atoms with Crippen molar-refractivity contribution in [3.8, 4) is 0 Å². The number of aromatic nitrogens is 2. The molecule has 0 atom stereocenters. The smallest absolute Gasteiger partial charge is 0.234 e. The Hall–Kier alpha value is -1.99. The van der Waals surface area contributed by atoms with Gasteiger partial charge >= 0.3 is 0 Å². The molecule has 26 heavy (non-hydrogen) atoms. The second-order valence-electron chi connectivity index (χ2n) is 6.90. The van der Waals surface area contributed by atoms with Crippen molar-refractivity contribution in [3.63, 3.8) is 0 Å². The van der Waals surface area contributed by atoms with E-state index < -0.39 is 15.3 Å². The molecular weight excluding hydrogens is 374 g/mol. The maximum Gasteiger partial charge on any atom is 0.234 e. The first kappa shape index (κ1) is 20.3. The van der Waals surface area contributed by atoms with Gasteiger partial charge in [-0.2, -0.15) is 0 Å². The first-order chi connectivity index (χ1) is 12.0. The maximum absolute atomic E-state index is 12.5. The van der Waals surface area contributed by atoms with E-state index in [4.69, 9.17) is 11.6 Å². The first-order valence-electron chi connectivity index (χ1n) is 8.16. The van der Waals surface area contributed by atoms with E-state index in [1.807, 2.05) is 27.7 Å². The molecule has 2 aromatic rings. The van der Waals surface area contributed by atoms with Crippen molar-refractivity contribution < 1.29 is 13.2 Å². The molecule has 0 saturated heterocycles. The van der Waals surface area contributed by atoms with Gasteiger partial charge in [0.1, 0.15) is 0 Å². The first-order valence-corrected chi connectivity index (χ1v) is 10.2. The fraction of sp³-hybridized carbons (Fsp3) is 0.389. The van der Waals surface area contributed by atoms with E-state index in [9.17, 15) is 13.2 Å². The van der Waals surface area contributed by atoms with Gasteiger partial charge in [0, 0.05) is 34.9 Å². The van der Waals surface area contributed by atoms with Crippen molar-refractivity contribution in [2.45, 2.75) is 38.3 Å². The fourth-order valence-corrected chi connectivity index (χ4v) is 3.72. The molecule has 1 aromatic heterocycles. The van der Waals surface area contributed by atoms with Crippen LogP contribution < -0.4 is 4.90 Å². The van der Waals surface area contributed by atoms with Crippen LogP contribution in [0.5, 0.6) is 0 Å². The highest BCUT2D eigenvalue weighted by Crippen LogP contribution is 2.22. The highest BCUT2D eigenvalue weighted by molar-refractivity contribution is 7.90. The Morgan fingerprint density at radius 3 is 2.12 bits per heavy atom. The van der Waals surface area contributed by atoms with Gasteiger partial charge < -0.3 is 0 Å². The van der Waals surface area contributed by atoms with Crippen LogP contribution in [-0.4, -0.2) is 30.8 Å². The number of amides is 1. The third-order valence-electron chi connectivity index (χ3n) is 3.67. The summed E-state index contributed by atoms with van der Waals surface area (Å²) in [5, 5.41) is 0.472. The van der Waals surface area contributed by atoms with Crippen LogP contribution in [0.1, 0.15) is 33.3 Å². The molecule has 0 spiro atoms. The number of sulfone groups is 1. The average Bonchev–Trinajstić information content (AvgIpc) is 2.56. The maximum atomic E-state index is 12.5. The van der Waals surface area contributed by atoms with Crippen LogP contribution in [0.2, 0.25) is 5.02 Å². The van der Waals surface area contributed by atoms with Crippen molar-refractivity contribution in [2.24, 2.45) is 5.41 Å². The van der Waals surface area contributed by atoms with Gasteiger partial charge in [0.05, 0.1) is 10.6 Å². The van der Waals surface area contributed by atoms with Gasteiger partial charge in [-0.25, -0.2) is 18.4 Å². The Morgan fingerprint density at radius 2 is 1.65 bits per heavy atom. The summed E-state index contributed by atoms with van der Waals surface area (Å²) >= 11 is 5.79. The number of hydrogen-bond donors (Lipinski definition) is 0. The second kappa shape index (κ2) is 7.72. The number of benzene rings is 1.